The number of nitrogens with zero attached hydrogens (tertiary/aromatic N) is 1. The molecular weight excluding hydrogens is 739 g/mol. The molecule has 0 spiro atoms. The van der Waals surface area contributed by atoms with Crippen LogP contribution in [-0.4, -0.2) is 0 Å². The van der Waals surface area contributed by atoms with E-state index in [-0.39, 0.29) is 5.92 Å². The van der Waals surface area contributed by atoms with Crippen LogP contribution in [0.2, 0.25) is 0 Å². The van der Waals surface area contributed by atoms with Crippen molar-refractivity contribution in [2.45, 2.75) is 19.8 Å². The van der Waals surface area contributed by atoms with Crippen molar-refractivity contribution in [3.63, 3.8) is 0 Å². The lowest BCUT2D eigenvalue weighted by Crippen LogP contribution is -2.12. The fraction of sp³-hybridized carbons (Fsp3) is 0.0508. The van der Waals surface area contributed by atoms with Gasteiger partial charge in [-0.2, -0.15) is 0 Å². The Bertz CT molecular complexity index is 3140. The van der Waals surface area contributed by atoms with Crippen LogP contribution in [0.3, 0.4) is 0 Å². The molecule has 0 saturated heterocycles. The van der Waals surface area contributed by atoms with Gasteiger partial charge >= 0.3 is 0 Å². The summed E-state index contributed by atoms with van der Waals surface area (Å²) in [6.45, 7) is 4.30. The van der Waals surface area contributed by atoms with Crippen LogP contribution in [0.25, 0.3) is 65.7 Å². The molecule has 11 rings (SSSR count). The average molecular weight is 782 g/mol. The van der Waals surface area contributed by atoms with Gasteiger partial charge in [0.2, 0.25) is 0 Å². The minimum absolute atomic E-state index is 0.0571. The Balaban J connectivity index is 1.21. The van der Waals surface area contributed by atoms with Crippen LogP contribution in [0.5, 0.6) is 0 Å². The van der Waals surface area contributed by atoms with Crippen molar-refractivity contribution in [3.8, 4) is 22.3 Å². The first-order chi connectivity index (χ1) is 30.1. The summed E-state index contributed by atoms with van der Waals surface area (Å²) in [5.74, 6) is -0.0571. The molecule has 1 heterocycles. The molecule has 0 aliphatic heterocycles. The van der Waals surface area contributed by atoms with E-state index in [1.165, 1.54) is 55.3 Å². The smallest absolute Gasteiger partial charge is 0.138 e. The summed E-state index contributed by atoms with van der Waals surface area (Å²) >= 11 is 0. The highest BCUT2D eigenvalue weighted by atomic mass is 16.3. The van der Waals surface area contributed by atoms with Crippen LogP contribution in [0.1, 0.15) is 33.7 Å². The van der Waals surface area contributed by atoms with E-state index in [4.69, 9.17) is 4.42 Å². The van der Waals surface area contributed by atoms with Crippen molar-refractivity contribution in [2.24, 2.45) is 0 Å². The van der Waals surface area contributed by atoms with Crippen LogP contribution in [-0.2, 0) is 0 Å². The maximum atomic E-state index is 7.24. The molecule has 0 bridgehead atoms. The fourth-order valence-electron chi connectivity index (χ4n) is 9.47. The summed E-state index contributed by atoms with van der Waals surface area (Å²) in [4.78, 5) is 2.41. The highest BCUT2D eigenvalue weighted by Crippen LogP contribution is 2.50. The lowest BCUT2D eigenvalue weighted by atomic mass is 9.79. The summed E-state index contributed by atoms with van der Waals surface area (Å²) in [7, 11) is 0. The zero-order valence-corrected chi connectivity index (χ0v) is 34.2. The Kier molecular flexibility index (Phi) is 9.05. The van der Waals surface area contributed by atoms with Gasteiger partial charge in [-0.3, -0.25) is 0 Å². The van der Waals surface area contributed by atoms with Crippen LogP contribution < -0.4 is 4.90 Å². The largest absolute Gasteiger partial charge is 0.456 e. The van der Waals surface area contributed by atoms with Crippen LogP contribution >= 0.6 is 0 Å². The summed E-state index contributed by atoms with van der Waals surface area (Å²) in [6.07, 6.45) is 0. The third-order valence-corrected chi connectivity index (χ3v) is 12.3. The van der Waals surface area contributed by atoms with Crippen LogP contribution in [0.15, 0.2) is 223 Å². The number of anilines is 3. The number of aryl methyl sites for hydroxylation is 2. The second kappa shape index (κ2) is 15.2. The number of hydrogen-bond donors (Lipinski definition) is 0. The van der Waals surface area contributed by atoms with Crippen molar-refractivity contribution in [1.82, 2.24) is 0 Å². The van der Waals surface area contributed by atoms with E-state index >= 15 is 0 Å². The molecule has 1 unspecified atom stereocenters. The van der Waals surface area contributed by atoms with E-state index in [2.05, 4.69) is 237 Å². The average Bonchev–Trinajstić information content (AvgIpc) is 3.70. The fourth-order valence-corrected chi connectivity index (χ4v) is 9.47. The van der Waals surface area contributed by atoms with Gasteiger partial charge in [-0.15, -0.1) is 0 Å². The molecule has 10 aromatic carbocycles. The number of rotatable bonds is 8. The van der Waals surface area contributed by atoms with E-state index in [1.54, 1.807) is 0 Å². The highest BCUT2D eigenvalue weighted by Gasteiger charge is 2.27. The molecule has 0 radical (unpaired) electrons. The van der Waals surface area contributed by atoms with Gasteiger partial charge in [-0.25, -0.2) is 0 Å². The molecule has 1 atom stereocenters. The SMILES string of the molecule is Cc1ccc(C(c2ccccc2-c2ccccc2)c2cc3oc4cc(N(c5ccc(C)cc5)c5ccccc5-c5ccccc5)c5ccccc5c4c3c3ccccc23)cc1. The first kappa shape index (κ1) is 36.4. The van der Waals surface area contributed by atoms with Gasteiger partial charge in [0.1, 0.15) is 11.2 Å². The van der Waals surface area contributed by atoms with Gasteiger partial charge in [0.15, 0.2) is 0 Å². The third-order valence-electron chi connectivity index (χ3n) is 12.3. The van der Waals surface area contributed by atoms with Crippen molar-refractivity contribution in [2.75, 3.05) is 4.90 Å². The highest BCUT2D eigenvalue weighted by molar-refractivity contribution is 6.29. The van der Waals surface area contributed by atoms with Crippen molar-refractivity contribution < 1.29 is 4.42 Å². The first-order valence-electron chi connectivity index (χ1n) is 21.1. The Morgan fingerprint density at radius 1 is 0.377 bits per heavy atom. The molecule has 0 aliphatic rings. The minimum Gasteiger partial charge on any atom is -0.456 e. The van der Waals surface area contributed by atoms with Gasteiger partial charge in [0.05, 0.1) is 11.4 Å². The molecule has 0 amide bonds. The zero-order chi connectivity index (χ0) is 40.9. The molecule has 0 saturated carbocycles. The molecule has 0 fully saturated rings. The van der Waals surface area contributed by atoms with E-state index in [0.717, 1.165) is 55.3 Å². The molecule has 2 nitrogen and oxygen atoms in total. The normalized spacial score (nSPS) is 12.0. The van der Waals surface area contributed by atoms with Crippen molar-refractivity contribution in [3.05, 3.63) is 246 Å². The predicted octanol–water partition coefficient (Wildman–Crippen LogP) is 16.5. The van der Waals surface area contributed by atoms with Crippen LogP contribution in [0.4, 0.5) is 17.1 Å². The monoisotopic (exact) mass is 781 g/mol. The Morgan fingerprint density at radius 2 is 0.869 bits per heavy atom. The van der Waals surface area contributed by atoms with Gasteiger partial charge in [-0.1, -0.05) is 199 Å². The predicted molar refractivity (Wildman–Crippen MR) is 258 cm³/mol. The summed E-state index contributed by atoms with van der Waals surface area (Å²) < 4.78 is 7.24. The van der Waals surface area contributed by atoms with Gasteiger partial charge in [0, 0.05) is 39.4 Å². The minimum atomic E-state index is -0.0571. The van der Waals surface area contributed by atoms with E-state index in [9.17, 15) is 0 Å². The standard InChI is InChI=1S/C59H43NO/c1-39-29-33-43(34-30-39)57(49-25-12-9-21-45(49)41-17-5-3-6-18-41)52-37-55-58(50-26-13-10-23-47(50)52)59-51-27-14-11-24-48(51)54(38-56(59)61-55)60(44-35-31-40(2)32-36-44)53-28-16-15-22-46(53)42-19-7-4-8-20-42/h3-38,57H,1-2H3. The van der Waals surface area contributed by atoms with Crippen molar-refractivity contribution in [1.29, 1.82) is 0 Å². The van der Waals surface area contributed by atoms with Crippen molar-refractivity contribution >= 4 is 60.5 Å². The molecule has 1 aromatic heterocycles. The van der Waals surface area contributed by atoms with Crippen LogP contribution in [0, 0.1) is 13.8 Å². The lowest BCUT2D eigenvalue weighted by molar-refractivity contribution is 0.668. The zero-order valence-electron chi connectivity index (χ0n) is 34.2. The van der Waals surface area contributed by atoms with E-state index < -0.39 is 0 Å². The van der Waals surface area contributed by atoms with Gasteiger partial charge < -0.3 is 9.32 Å². The maximum Gasteiger partial charge on any atom is 0.138 e. The topological polar surface area (TPSA) is 16.4 Å². The molecule has 11 aromatic rings. The second-order valence-electron chi connectivity index (χ2n) is 16.2. The summed E-state index contributed by atoms with van der Waals surface area (Å²) in [5, 5.41) is 6.99. The van der Waals surface area contributed by atoms with E-state index in [1.807, 2.05) is 0 Å². The van der Waals surface area contributed by atoms with E-state index in [0.29, 0.717) is 0 Å². The molecule has 290 valence electrons. The maximum absolute atomic E-state index is 7.24. The number of para-hydroxylation sites is 1. The molecule has 0 aliphatic carbocycles. The Labute approximate surface area is 356 Å². The molecular formula is C59H43NO. The molecule has 0 N–H and O–H groups in total. The van der Waals surface area contributed by atoms with Gasteiger partial charge in [0.25, 0.3) is 0 Å². The lowest BCUT2D eigenvalue weighted by Gasteiger charge is -2.29. The first-order valence-corrected chi connectivity index (χ1v) is 21.1. The summed E-state index contributed by atoms with van der Waals surface area (Å²) in [5.41, 5.74) is 15.9. The number of furan rings is 1. The Hall–Kier alpha value is -7.68. The molecule has 2 heteroatoms. The molecule has 61 heavy (non-hydrogen) atoms. The number of benzene rings is 10. The number of hydrogen-bond acceptors (Lipinski definition) is 2. The quantitative estimate of drug-likeness (QED) is 0.143. The van der Waals surface area contributed by atoms with Gasteiger partial charge in [-0.05, 0) is 87.7 Å². The number of fused-ring (bicyclic) bond motifs is 7. The summed E-state index contributed by atoms with van der Waals surface area (Å²) in [6, 6.07) is 79.4. The Morgan fingerprint density at radius 3 is 1.54 bits per heavy atom. The third kappa shape index (κ3) is 6.36. The second-order valence-corrected chi connectivity index (χ2v) is 16.2.